The summed E-state index contributed by atoms with van der Waals surface area (Å²) >= 11 is 3.51. The van der Waals surface area contributed by atoms with E-state index in [0.717, 1.165) is 32.7 Å². The standard InChI is InChI=1S/C36H40BrN3O5S/c1-3-5-23-38-36(42)33(25-28-15-8-6-9-16-28)39(26-29-17-14-18-30(37)24-29)35(41)27-40(32-21-12-13-22-34(32)45-4-2)46(43,44)31-19-10-7-11-20-31/h6-22,24,33H,3-5,23,25-27H2,1-2H3,(H,38,42). The summed E-state index contributed by atoms with van der Waals surface area (Å²) in [4.78, 5) is 30.0. The van der Waals surface area contributed by atoms with Crippen molar-refractivity contribution in [2.24, 2.45) is 0 Å². The van der Waals surface area contributed by atoms with Gasteiger partial charge < -0.3 is 15.0 Å². The molecule has 4 rings (SSSR count). The van der Waals surface area contributed by atoms with Gasteiger partial charge in [0.2, 0.25) is 11.8 Å². The average molecular weight is 707 g/mol. The number of amides is 2. The number of halogens is 1. The van der Waals surface area contributed by atoms with E-state index in [0.29, 0.717) is 18.9 Å². The van der Waals surface area contributed by atoms with E-state index in [9.17, 15) is 18.0 Å². The first-order valence-electron chi connectivity index (χ1n) is 15.4. The first-order valence-corrected chi connectivity index (χ1v) is 17.6. The first-order chi connectivity index (χ1) is 22.2. The molecule has 1 atom stereocenters. The van der Waals surface area contributed by atoms with Crippen molar-refractivity contribution in [3.63, 3.8) is 0 Å². The van der Waals surface area contributed by atoms with Gasteiger partial charge in [0.1, 0.15) is 18.3 Å². The number of carbonyl (C=O) groups is 2. The molecule has 46 heavy (non-hydrogen) atoms. The maximum Gasteiger partial charge on any atom is 0.264 e. The number of nitrogens with one attached hydrogen (secondary N) is 1. The monoisotopic (exact) mass is 705 g/mol. The number of sulfonamides is 1. The second-order valence-corrected chi connectivity index (χ2v) is 13.5. The van der Waals surface area contributed by atoms with E-state index in [2.05, 4.69) is 21.2 Å². The van der Waals surface area contributed by atoms with Crippen LogP contribution in [-0.2, 0) is 32.6 Å². The number of hydrogen-bond donors (Lipinski definition) is 1. The van der Waals surface area contributed by atoms with Gasteiger partial charge in [-0.05, 0) is 60.9 Å². The lowest BCUT2D eigenvalue weighted by molar-refractivity contribution is -0.140. The Balaban J connectivity index is 1.82. The molecule has 4 aromatic carbocycles. The van der Waals surface area contributed by atoms with E-state index in [1.165, 1.54) is 17.0 Å². The highest BCUT2D eigenvalue weighted by molar-refractivity contribution is 9.10. The Labute approximate surface area is 280 Å². The third-order valence-electron chi connectivity index (χ3n) is 7.39. The van der Waals surface area contributed by atoms with Crippen LogP contribution < -0.4 is 14.4 Å². The zero-order valence-corrected chi connectivity index (χ0v) is 28.5. The number of para-hydroxylation sites is 2. The van der Waals surface area contributed by atoms with Gasteiger partial charge in [-0.25, -0.2) is 8.42 Å². The van der Waals surface area contributed by atoms with Gasteiger partial charge in [0.15, 0.2) is 0 Å². The normalized spacial score (nSPS) is 11.8. The summed E-state index contributed by atoms with van der Waals surface area (Å²) in [5.74, 6) is -0.501. The van der Waals surface area contributed by atoms with Crippen LogP contribution in [0.2, 0.25) is 0 Å². The zero-order chi connectivity index (χ0) is 32.9. The quantitative estimate of drug-likeness (QED) is 0.133. The first kappa shape index (κ1) is 34.7. The van der Waals surface area contributed by atoms with Crippen LogP contribution in [0.5, 0.6) is 5.75 Å². The van der Waals surface area contributed by atoms with E-state index >= 15 is 0 Å². The number of hydrogen-bond acceptors (Lipinski definition) is 5. The van der Waals surface area contributed by atoms with Crippen molar-refractivity contribution in [1.29, 1.82) is 0 Å². The third-order valence-corrected chi connectivity index (χ3v) is 9.65. The number of carbonyl (C=O) groups excluding carboxylic acids is 2. The SMILES string of the molecule is CCCCNC(=O)C(Cc1ccccc1)N(Cc1cccc(Br)c1)C(=O)CN(c1ccccc1OCC)S(=O)(=O)c1ccccc1. The Morgan fingerprint density at radius 2 is 1.50 bits per heavy atom. The van der Waals surface area contributed by atoms with Gasteiger partial charge in [0.25, 0.3) is 10.0 Å². The largest absolute Gasteiger partial charge is 0.492 e. The van der Waals surface area contributed by atoms with E-state index in [1.54, 1.807) is 42.5 Å². The minimum Gasteiger partial charge on any atom is -0.492 e. The molecule has 0 aliphatic heterocycles. The minimum absolute atomic E-state index is 0.0331. The van der Waals surface area contributed by atoms with Gasteiger partial charge in [-0.2, -0.15) is 0 Å². The molecule has 2 amide bonds. The van der Waals surface area contributed by atoms with Gasteiger partial charge in [-0.1, -0.05) is 102 Å². The molecule has 0 aliphatic rings. The van der Waals surface area contributed by atoms with Crippen LogP contribution in [0.1, 0.15) is 37.8 Å². The van der Waals surface area contributed by atoms with E-state index in [-0.39, 0.29) is 29.5 Å². The predicted molar refractivity (Wildman–Crippen MR) is 185 cm³/mol. The molecule has 0 bridgehead atoms. The van der Waals surface area contributed by atoms with Crippen molar-refractivity contribution in [1.82, 2.24) is 10.2 Å². The Kier molecular flexibility index (Phi) is 12.8. The summed E-state index contributed by atoms with van der Waals surface area (Å²) in [6.45, 7) is 4.15. The van der Waals surface area contributed by atoms with Crippen LogP contribution in [0, 0.1) is 0 Å². The molecule has 8 nitrogen and oxygen atoms in total. The molecular formula is C36H40BrN3O5S. The number of unbranched alkanes of at least 4 members (excludes halogenated alkanes) is 1. The van der Waals surface area contributed by atoms with Crippen molar-refractivity contribution < 1.29 is 22.7 Å². The number of anilines is 1. The highest BCUT2D eigenvalue weighted by atomic mass is 79.9. The molecule has 0 aromatic heterocycles. The third kappa shape index (κ3) is 9.20. The molecule has 1 N–H and O–H groups in total. The predicted octanol–water partition coefficient (Wildman–Crippen LogP) is 6.60. The molecule has 0 fully saturated rings. The average Bonchev–Trinajstić information content (AvgIpc) is 3.06. The highest BCUT2D eigenvalue weighted by Gasteiger charge is 2.35. The lowest BCUT2D eigenvalue weighted by Crippen LogP contribution is -2.53. The van der Waals surface area contributed by atoms with Crippen molar-refractivity contribution in [2.45, 2.75) is 50.6 Å². The molecule has 4 aromatic rings. The van der Waals surface area contributed by atoms with Crippen molar-refractivity contribution >= 4 is 43.5 Å². The molecule has 0 spiro atoms. The second kappa shape index (κ2) is 17.0. The number of rotatable bonds is 16. The van der Waals surface area contributed by atoms with Crippen LogP contribution >= 0.6 is 15.9 Å². The summed E-state index contributed by atoms with van der Waals surface area (Å²) in [7, 11) is -4.23. The summed E-state index contributed by atoms with van der Waals surface area (Å²) in [6, 6.07) is 30.8. The topological polar surface area (TPSA) is 96.0 Å². The maximum absolute atomic E-state index is 14.6. The van der Waals surface area contributed by atoms with E-state index in [1.807, 2.05) is 68.4 Å². The lowest BCUT2D eigenvalue weighted by Gasteiger charge is -2.34. The Hall–Kier alpha value is -4.15. The summed E-state index contributed by atoms with van der Waals surface area (Å²) in [5, 5.41) is 3.01. The van der Waals surface area contributed by atoms with Gasteiger partial charge >= 0.3 is 0 Å². The number of nitrogens with zero attached hydrogens (tertiary/aromatic N) is 2. The molecular weight excluding hydrogens is 666 g/mol. The van der Waals surface area contributed by atoms with Crippen molar-refractivity contribution in [2.75, 3.05) is 24.0 Å². The fourth-order valence-corrected chi connectivity index (χ4v) is 6.96. The molecule has 10 heteroatoms. The van der Waals surface area contributed by atoms with Crippen LogP contribution in [0.25, 0.3) is 0 Å². The fraction of sp³-hybridized carbons (Fsp3) is 0.278. The summed E-state index contributed by atoms with van der Waals surface area (Å²) < 4.78 is 36.2. The molecule has 0 saturated heterocycles. The van der Waals surface area contributed by atoms with Gasteiger partial charge in [-0.15, -0.1) is 0 Å². The van der Waals surface area contributed by atoms with Crippen LogP contribution in [0.3, 0.4) is 0 Å². The minimum atomic E-state index is -4.23. The van der Waals surface area contributed by atoms with Gasteiger partial charge in [-0.3, -0.25) is 13.9 Å². The molecule has 0 aliphatic carbocycles. The lowest BCUT2D eigenvalue weighted by atomic mass is 10.0. The van der Waals surface area contributed by atoms with Crippen molar-refractivity contribution in [3.05, 3.63) is 125 Å². The van der Waals surface area contributed by atoms with Gasteiger partial charge in [0, 0.05) is 24.0 Å². The molecule has 0 saturated carbocycles. The summed E-state index contributed by atoms with van der Waals surface area (Å²) in [6.07, 6.45) is 1.94. The van der Waals surface area contributed by atoms with Crippen LogP contribution in [-0.4, -0.2) is 50.9 Å². The van der Waals surface area contributed by atoms with E-state index < -0.39 is 28.5 Å². The zero-order valence-electron chi connectivity index (χ0n) is 26.1. The van der Waals surface area contributed by atoms with Crippen molar-refractivity contribution in [3.8, 4) is 5.75 Å². The molecule has 1 unspecified atom stereocenters. The highest BCUT2D eigenvalue weighted by Crippen LogP contribution is 2.33. The summed E-state index contributed by atoms with van der Waals surface area (Å²) in [5.41, 5.74) is 1.89. The fourth-order valence-electron chi connectivity index (χ4n) is 5.07. The van der Waals surface area contributed by atoms with Crippen LogP contribution in [0.4, 0.5) is 5.69 Å². The Morgan fingerprint density at radius 1 is 0.848 bits per heavy atom. The van der Waals surface area contributed by atoms with Gasteiger partial charge in [0.05, 0.1) is 17.2 Å². The number of benzene rings is 4. The maximum atomic E-state index is 14.6. The van der Waals surface area contributed by atoms with E-state index in [4.69, 9.17) is 4.74 Å². The smallest absolute Gasteiger partial charge is 0.264 e. The number of ether oxygens (including phenoxy) is 1. The van der Waals surface area contributed by atoms with Crippen LogP contribution in [0.15, 0.2) is 119 Å². The molecule has 0 radical (unpaired) electrons. The Bertz CT molecular complexity index is 1690. The molecule has 0 heterocycles. The second-order valence-electron chi connectivity index (χ2n) is 10.7. The molecule has 242 valence electrons. The Morgan fingerprint density at radius 3 is 2.17 bits per heavy atom.